The average molecular weight is 289 g/mol. The third kappa shape index (κ3) is 2.58. The minimum Gasteiger partial charge on any atom is -0.468 e. The van der Waals surface area contributed by atoms with E-state index < -0.39 is 0 Å². The molecule has 3 rings (SSSR count). The van der Waals surface area contributed by atoms with Crippen LogP contribution < -0.4 is 10.9 Å². The quantitative estimate of drug-likeness (QED) is 0.830. The maximum atomic E-state index is 11.9. The number of nitrogens with zero attached hydrogens (tertiary/aromatic N) is 1. The number of hydrazine groups is 1. The standard InChI is InChI=1S/C15H19N3O3/c1-8-6-11(9-4-5-9)12(7-10(8)14(19)20-2)13-16-15(21-3)18-17-13/h6-7,9,13,17H,4-5H2,1-3H3,(H,16,18). The van der Waals surface area contributed by atoms with Crippen LogP contribution in [0.4, 0.5) is 0 Å². The first-order valence-electron chi connectivity index (χ1n) is 7.00. The Hall–Kier alpha value is -2.08. The fourth-order valence-electron chi connectivity index (χ4n) is 2.62. The molecule has 1 heterocycles. The van der Waals surface area contributed by atoms with E-state index in [2.05, 4.69) is 21.9 Å². The number of hydrogen-bond acceptors (Lipinski definition) is 6. The maximum Gasteiger partial charge on any atom is 0.338 e. The summed E-state index contributed by atoms with van der Waals surface area (Å²) >= 11 is 0. The molecule has 6 heteroatoms. The van der Waals surface area contributed by atoms with Gasteiger partial charge < -0.3 is 9.47 Å². The van der Waals surface area contributed by atoms with E-state index >= 15 is 0 Å². The van der Waals surface area contributed by atoms with Crippen LogP contribution in [0.15, 0.2) is 17.1 Å². The number of amidine groups is 1. The summed E-state index contributed by atoms with van der Waals surface area (Å²) in [5.41, 5.74) is 9.73. The number of methoxy groups -OCH3 is 2. The summed E-state index contributed by atoms with van der Waals surface area (Å²) < 4.78 is 9.94. The zero-order valence-electron chi connectivity index (χ0n) is 12.4. The number of aliphatic imine (C=N–C) groups is 1. The Kier molecular flexibility index (Phi) is 3.55. The Labute approximate surface area is 123 Å². The topological polar surface area (TPSA) is 72.0 Å². The predicted molar refractivity (Wildman–Crippen MR) is 77.9 cm³/mol. The van der Waals surface area contributed by atoms with E-state index in [1.807, 2.05) is 13.0 Å². The van der Waals surface area contributed by atoms with Gasteiger partial charge in [-0.2, -0.15) is 0 Å². The van der Waals surface area contributed by atoms with Gasteiger partial charge in [-0.25, -0.2) is 15.2 Å². The molecule has 112 valence electrons. The molecule has 1 aromatic carbocycles. The molecule has 1 fully saturated rings. The second-order valence-corrected chi connectivity index (χ2v) is 5.37. The Bertz CT molecular complexity index is 608. The smallest absolute Gasteiger partial charge is 0.338 e. The van der Waals surface area contributed by atoms with Crippen molar-refractivity contribution < 1.29 is 14.3 Å². The Balaban J connectivity index is 2.04. The molecular weight excluding hydrogens is 270 g/mol. The van der Waals surface area contributed by atoms with Gasteiger partial charge in [-0.15, -0.1) is 0 Å². The van der Waals surface area contributed by atoms with Crippen LogP contribution in [-0.4, -0.2) is 26.2 Å². The monoisotopic (exact) mass is 289 g/mol. The molecule has 6 nitrogen and oxygen atoms in total. The third-order valence-electron chi connectivity index (χ3n) is 3.90. The van der Waals surface area contributed by atoms with Gasteiger partial charge in [0.1, 0.15) is 6.17 Å². The van der Waals surface area contributed by atoms with E-state index in [1.165, 1.54) is 25.5 Å². The molecule has 1 aliphatic heterocycles. The second kappa shape index (κ2) is 5.37. The van der Waals surface area contributed by atoms with Crippen molar-refractivity contribution in [2.24, 2.45) is 4.99 Å². The molecule has 0 spiro atoms. The predicted octanol–water partition coefficient (Wildman–Crippen LogP) is 1.77. The Morgan fingerprint density at radius 2 is 2.05 bits per heavy atom. The number of hydrogen-bond donors (Lipinski definition) is 2. The van der Waals surface area contributed by atoms with Crippen molar-refractivity contribution in [2.75, 3.05) is 14.2 Å². The van der Waals surface area contributed by atoms with E-state index in [4.69, 9.17) is 9.47 Å². The normalized spacial score (nSPS) is 20.7. The lowest BCUT2D eigenvalue weighted by Crippen LogP contribution is -2.32. The molecule has 0 radical (unpaired) electrons. The number of benzene rings is 1. The molecule has 0 bridgehead atoms. The van der Waals surface area contributed by atoms with Gasteiger partial charge in [-0.3, -0.25) is 5.43 Å². The first-order valence-corrected chi connectivity index (χ1v) is 7.00. The van der Waals surface area contributed by atoms with Gasteiger partial charge in [-0.05, 0) is 48.4 Å². The summed E-state index contributed by atoms with van der Waals surface area (Å²) in [6.45, 7) is 1.94. The van der Waals surface area contributed by atoms with Crippen molar-refractivity contribution in [1.82, 2.24) is 10.9 Å². The van der Waals surface area contributed by atoms with Crippen LogP contribution in [0.1, 0.15) is 52.0 Å². The van der Waals surface area contributed by atoms with Gasteiger partial charge in [0.15, 0.2) is 0 Å². The first-order chi connectivity index (χ1) is 10.1. The van der Waals surface area contributed by atoms with E-state index in [0.29, 0.717) is 17.5 Å². The van der Waals surface area contributed by atoms with Gasteiger partial charge >= 0.3 is 12.0 Å². The van der Waals surface area contributed by atoms with Crippen LogP contribution in [0.3, 0.4) is 0 Å². The maximum absolute atomic E-state index is 11.9. The molecule has 2 N–H and O–H groups in total. The molecule has 21 heavy (non-hydrogen) atoms. The highest BCUT2D eigenvalue weighted by molar-refractivity contribution is 5.91. The van der Waals surface area contributed by atoms with Crippen molar-refractivity contribution in [3.63, 3.8) is 0 Å². The molecule has 2 aliphatic rings. The van der Waals surface area contributed by atoms with Crippen LogP contribution >= 0.6 is 0 Å². The van der Waals surface area contributed by atoms with Crippen LogP contribution in [0.2, 0.25) is 0 Å². The molecule has 0 saturated heterocycles. The lowest BCUT2D eigenvalue weighted by atomic mass is 9.94. The largest absolute Gasteiger partial charge is 0.468 e. The summed E-state index contributed by atoms with van der Waals surface area (Å²) in [6, 6.07) is 4.42. The fourth-order valence-corrected chi connectivity index (χ4v) is 2.62. The van der Waals surface area contributed by atoms with Gasteiger partial charge in [0.05, 0.1) is 19.8 Å². The number of rotatable bonds is 3. The van der Waals surface area contributed by atoms with Crippen LogP contribution in [0.25, 0.3) is 0 Å². The molecule has 1 atom stereocenters. The summed E-state index contributed by atoms with van der Waals surface area (Å²) in [7, 11) is 2.96. The third-order valence-corrected chi connectivity index (χ3v) is 3.90. The molecule has 1 aromatic rings. The van der Waals surface area contributed by atoms with E-state index in [9.17, 15) is 4.79 Å². The number of carbonyl (C=O) groups excluding carboxylic acids is 1. The first kappa shape index (κ1) is 13.9. The summed E-state index contributed by atoms with van der Waals surface area (Å²) in [5.74, 6) is 0.243. The van der Waals surface area contributed by atoms with Gasteiger partial charge in [-0.1, -0.05) is 6.07 Å². The van der Waals surface area contributed by atoms with Crippen LogP contribution in [0, 0.1) is 6.92 Å². The molecule has 0 aromatic heterocycles. The Morgan fingerprint density at radius 1 is 1.29 bits per heavy atom. The highest BCUT2D eigenvalue weighted by Gasteiger charge is 2.31. The lowest BCUT2D eigenvalue weighted by molar-refractivity contribution is 0.0599. The van der Waals surface area contributed by atoms with Crippen molar-refractivity contribution in [3.8, 4) is 0 Å². The molecular formula is C15H19N3O3. The molecule has 0 amide bonds. The van der Waals surface area contributed by atoms with Crippen molar-refractivity contribution in [2.45, 2.75) is 31.8 Å². The minimum atomic E-state index is -0.321. The molecule has 1 unspecified atom stereocenters. The SMILES string of the molecule is COC(=O)c1cc(C2N=C(OC)NN2)c(C2CC2)cc1C. The average Bonchev–Trinajstić information content (AvgIpc) is 3.24. The fraction of sp³-hybridized carbons (Fsp3) is 0.467. The number of esters is 1. The second-order valence-electron chi connectivity index (χ2n) is 5.37. The zero-order valence-corrected chi connectivity index (χ0v) is 12.4. The van der Waals surface area contributed by atoms with E-state index in [1.54, 1.807) is 7.11 Å². The van der Waals surface area contributed by atoms with Crippen LogP contribution in [0.5, 0.6) is 0 Å². The number of carbonyl (C=O) groups is 1. The Morgan fingerprint density at radius 3 is 2.62 bits per heavy atom. The van der Waals surface area contributed by atoms with Crippen molar-refractivity contribution in [1.29, 1.82) is 0 Å². The summed E-state index contributed by atoms with van der Waals surface area (Å²) in [5, 5.41) is 0. The highest BCUT2D eigenvalue weighted by atomic mass is 16.5. The van der Waals surface area contributed by atoms with Gasteiger partial charge in [0.2, 0.25) is 0 Å². The zero-order chi connectivity index (χ0) is 15.0. The highest BCUT2D eigenvalue weighted by Crippen LogP contribution is 2.44. The number of ether oxygens (including phenoxy) is 2. The van der Waals surface area contributed by atoms with Crippen LogP contribution in [-0.2, 0) is 9.47 Å². The van der Waals surface area contributed by atoms with Crippen molar-refractivity contribution in [3.05, 3.63) is 34.4 Å². The van der Waals surface area contributed by atoms with Gasteiger partial charge in [0.25, 0.3) is 0 Å². The molecule has 1 saturated carbocycles. The summed E-state index contributed by atoms with van der Waals surface area (Å²) in [4.78, 5) is 16.3. The summed E-state index contributed by atoms with van der Waals surface area (Å²) in [6.07, 6.45) is 2.12. The van der Waals surface area contributed by atoms with Gasteiger partial charge in [0, 0.05) is 0 Å². The van der Waals surface area contributed by atoms with Crippen molar-refractivity contribution >= 4 is 12.0 Å². The lowest BCUT2D eigenvalue weighted by Gasteiger charge is -2.16. The van der Waals surface area contributed by atoms with E-state index in [0.717, 1.165) is 11.1 Å². The number of aryl methyl sites for hydroxylation is 1. The molecule has 1 aliphatic carbocycles. The number of nitrogens with one attached hydrogen (secondary N) is 2. The van der Waals surface area contributed by atoms with E-state index in [-0.39, 0.29) is 12.1 Å². The minimum absolute atomic E-state index is 0.250.